The van der Waals surface area contributed by atoms with Gasteiger partial charge in [-0.25, -0.2) is 0 Å². The molecule has 2 N–H and O–H groups in total. The smallest absolute Gasteiger partial charge is 0.253 e. The van der Waals surface area contributed by atoms with E-state index in [1.165, 1.54) is 0 Å². The van der Waals surface area contributed by atoms with Crippen molar-refractivity contribution in [1.82, 2.24) is 9.80 Å². The van der Waals surface area contributed by atoms with Crippen molar-refractivity contribution in [2.75, 3.05) is 26.2 Å². The third kappa shape index (κ3) is 4.87. The fraction of sp³-hybridized carbons (Fsp3) is 0.556. The van der Waals surface area contributed by atoms with Gasteiger partial charge in [-0.1, -0.05) is 11.6 Å². The van der Waals surface area contributed by atoms with Gasteiger partial charge in [-0.3, -0.25) is 9.59 Å². The van der Waals surface area contributed by atoms with Gasteiger partial charge in [0.1, 0.15) is 0 Å². The lowest BCUT2D eigenvalue weighted by Crippen LogP contribution is -2.50. The number of likely N-dealkylation sites (tertiary alicyclic amines) is 2. The summed E-state index contributed by atoms with van der Waals surface area (Å²) in [4.78, 5) is 29.1. The van der Waals surface area contributed by atoms with E-state index in [9.17, 15) is 9.59 Å². The number of halogens is 2. The van der Waals surface area contributed by atoms with Crippen molar-refractivity contribution in [3.63, 3.8) is 0 Å². The molecule has 1 aromatic carbocycles. The number of benzene rings is 1. The molecule has 0 spiro atoms. The molecular weight excluding hydrogens is 361 g/mol. The van der Waals surface area contributed by atoms with Crippen molar-refractivity contribution in [1.29, 1.82) is 0 Å². The molecule has 0 aromatic heterocycles. The lowest BCUT2D eigenvalue weighted by atomic mass is 9.94. The van der Waals surface area contributed by atoms with Crippen LogP contribution in [0.5, 0.6) is 0 Å². The van der Waals surface area contributed by atoms with Crippen LogP contribution in [0.3, 0.4) is 0 Å². The van der Waals surface area contributed by atoms with Gasteiger partial charge in [0.25, 0.3) is 5.91 Å². The van der Waals surface area contributed by atoms with Crippen LogP contribution >= 0.6 is 24.0 Å². The molecule has 2 heterocycles. The maximum atomic E-state index is 12.7. The number of hydrogen-bond acceptors (Lipinski definition) is 3. The maximum Gasteiger partial charge on any atom is 0.253 e. The van der Waals surface area contributed by atoms with Gasteiger partial charge < -0.3 is 15.5 Å². The van der Waals surface area contributed by atoms with Gasteiger partial charge in [-0.05, 0) is 49.9 Å². The van der Waals surface area contributed by atoms with E-state index in [1.54, 1.807) is 29.2 Å². The first-order valence-corrected chi connectivity index (χ1v) is 9.01. The number of carbonyl (C=O) groups excluding carboxylic acids is 2. The summed E-state index contributed by atoms with van der Waals surface area (Å²) in [5, 5.41) is 0.613. The van der Waals surface area contributed by atoms with Gasteiger partial charge in [0.05, 0.1) is 5.92 Å². The van der Waals surface area contributed by atoms with Crippen LogP contribution < -0.4 is 5.73 Å². The van der Waals surface area contributed by atoms with E-state index < -0.39 is 0 Å². The van der Waals surface area contributed by atoms with Crippen molar-refractivity contribution in [3.05, 3.63) is 34.9 Å². The number of nitrogens with two attached hydrogens (primary N) is 1. The third-order valence-electron chi connectivity index (χ3n) is 5.00. The highest BCUT2D eigenvalue weighted by Gasteiger charge is 2.32. The number of rotatable bonds is 2. The average molecular weight is 386 g/mol. The Morgan fingerprint density at radius 1 is 1.00 bits per heavy atom. The fourth-order valence-corrected chi connectivity index (χ4v) is 3.64. The summed E-state index contributed by atoms with van der Waals surface area (Å²) in [5.74, 6) is 0.0599. The van der Waals surface area contributed by atoms with Crippen LogP contribution in [0.25, 0.3) is 0 Å². The molecule has 0 bridgehead atoms. The third-order valence-corrected chi connectivity index (χ3v) is 5.25. The highest BCUT2D eigenvalue weighted by Crippen LogP contribution is 2.23. The van der Waals surface area contributed by atoms with Crippen molar-refractivity contribution >= 4 is 35.8 Å². The molecule has 5 nitrogen and oxygen atoms in total. The van der Waals surface area contributed by atoms with Crippen molar-refractivity contribution < 1.29 is 9.59 Å². The zero-order valence-corrected chi connectivity index (χ0v) is 15.8. The molecule has 138 valence electrons. The minimum atomic E-state index is -0.0932. The molecule has 25 heavy (non-hydrogen) atoms. The van der Waals surface area contributed by atoms with Crippen LogP contribution in [0.15, 0.2) is 24.3 Å². The molecular formula is C18H25Cl2N3O2. The van der Waals surface area contributed by atoms with Gasteiger partial charge in [-0.2, -0.15) is 0 Å². The van der Waals surface area contributed by atoms with Gasteiger partial charge in [-0.15, -0.1) is 12.4 Å². The minimum absolute atomic E-state index is 0. The van der Waals surface area contributed by atoms with Crippen molar-refractivity contribution in [2.45, 2.75) is 31.7 Å². The number of nitrogens with zero attached hydrogens (tertiary/aromatic N) is 2. The first kappa shape index (κ1) is 20.0. The second-order valence-electron chi connectivity index (χ2n) is 6.76. The monoisotopic (exact) mass is 385 g/mol. The number of carbonyl (C=O) groups is 2. The number of piperidine rings is 2. The molecule has 2 aliphatic rings. The normalized spacial score (nSPS) is 21.6. The largest absolute Gasteiger partial charge is 0.342 e. The Bertz CT molecular complexity index is 601. The zero-order chi connectivity index (χ0) is 17.1. The molecule has 2 amide bonds. The first-order chi connectivity index (χ1) is 11.5. The summed E-state index contributed by atoms with van der Waals surface area (Å²) in [7, 11) is 0. The molecule has 1 aromatic rings. The molecule has 2 aliphatic heterocycles. The molecule has 2 fully saturated rings. The summed E-state index contributed by atoms with van der Waals surface area (Å²) in [5.41, 5.74) is 6.53. The highest BCUT2D eigenvalue weighted by atomic mass is 35.5. The van der Waals surface area contributed by atoms with Crippen LogP contribution in [-0.2, 0) is 4.79 Å². The Morgan fingerprint density at radius 2 is 1.64 bits per heavy atom. The quantitative estimate of drug-likeness (QED) is 0.850. The SMILES string of the molecule is Cl.NC1CCN(C(=O)C2CCCN(C(=O)c3ccc(Cl)cc3)C2)CC1. The predicted octanol–water partition coefficient (Wildman–Crippen LogP) is 2.56. The average Bonchev–Trinajstić information content (AvgIpc) is 2.62. The molecule has 3 rings (SSSR count). The second-order valence-corrected chi connectivity index (χ2v) is 7.20. The summed E-state index contributed by atoms with van der Waals surface area (Å²) in [6.45, 7) is 2.68. The standard InChI is InChI=1S/C18H24ClN3O2.ClH/c19-15-5-3-13(4-6-15)17(23)22-9-1-2-14(12-22)18(24)21-10-7-16(20)8-11-21;/h3-6,14,16H,1-2,7-12,20H2;1H. The Morgan fingerprint density at radius 3 is 2.28 bits per heavy atom. The highest BCUT2D eigenvalue weighted by molar-refractivity contribution is 6.30. The Kier molecular flexibility index (Phi) is 7.11. The van der Waals surface area contributed by atoms with Gasteiger partial charge in [0.2, 0.25) is 5.91 Å². The Hall–Kier alpha value is -1.30. The molecule has 1 unspecified atom stereocenters. The van der Waals surface area contributed by atoms with Gasteiger partial charge >= 0.3 is 0 Å². The van der Waals surface area contributed by atoms with Crippen LogP contribution in [-0.4, -0.2) is 53.8 Å². The van der Waals surface area contributed by atoms with Gasteiger partial charge in [0.15, 0.2) is 0 Å². The summed E-state index contributed by atoms with van der Waals surface area (Å²) >= 11 is 5.88. The lowest BCUT2D eigenvalue weighted by molar-refractivity contribution is -0.138. The van der Waals surface area contributed by atoms with Gasteiger partial charge in [0, 0.05) is 42.8 Å². The minimum Gasteiger partial charge on any atom is -0.342 e. The first-order valence-electron chi connectivity index (χ1n) is 8.64. The predicted molar refractivity (Wildman–Crippen MR) is 101 cm³/mol. The molecule has 1 atom stereocenters. The molecule has 0 radical (unpaired) electrons. The molecule has 7 heteroatoms. The maximum absolute atomic E-state index is 12.7. The number of hydrogen-bond donors (Lipinski definition) is 1. The molecule has 0 aliphatic carbocycles. The van der Waals surface area contributed by atoms with Crippen molar-refractivity contribution in [2.24, 2.45) is 11.7 Å². The lowest BCUT2D eigenvalue weighted by Gasteiger charge is -2.37. The van der Waals surface area contributed by atoms with Crippen molar-refractivity contribution in [3.8, 4) is 0 Å². The van der Waals surface area contributed by atoms with Crippen LogP contribution in [0, 0.1) is 5.92 Å². The van der Waals surface area contributed by atoms with E-state index in [0.29, 0.717) is 23.7 Å². The Labute approximate surface area is 159 Å². The summed E-state index contributed by atoms with van der Waals surface area (Å²) in [6, 6.07) is 7.13. The van der Waals surface area contributed by atoms with Crippen LogP contribution in [0.2, 0.25) is 5.02 Å². The van der Waals surface area contributed by atoms with Crippen LogP contribution in [0.1, 0.15) is 36.0 Å². The van der Waals surface area contributed by atoms with E-state index in [1.807, 2.05) is 4.90 Å². The Balaban J connectivity index is 0.00000225. The zero-order valence-electron chi connectivity index (χ0n) is 14.2. The summed E-state index contributed by atoms with van der Waals surface area (Å²) < 4.78 is 0. The fourth-order valence-electron chi connectivity index (χ4n) is 3.52. The topological polar surface area (TPSA) is 66.6 Å². The second kappa shape index (κ2) is 8.88. The van der Waals surface area contributed by atoms with Crippen LogP contribution in [0.4, 0.5) is 0 Å². The molecule has 2 saturated heterocycles. The summed E-state index contributed by atoms with van der Waals surface area (Å²) in [6.07, 6.45) is 3.45. The van der Waals surface area contributed by atoms with E-state index in [4.69, 9.17) is 17.3 Å². The van der Waals surface area contributed by atoms with E-state index in [-0.39, 0.29) is 36.2 Å². The van der Waals surface area contributed by atoms with E-state index in [0.717, 1.165) is 38.8 Å². The van der Waals surface area contributed by atoms with E-state index in [2.05, 4.69) is 0 Å². The number of amides is 2. The van der Waals surface area contributed by atoms with E-state index >= 15 is 0 Å². The molecule has 0 saturated carbocycles.